The number of hydrogen-bond donors (Lipinski definition) is 0. The van der Waals surface area contributed by atoms with Gasteiger partial charge in [-0.1, -0.05) is 12.1 Å². The molecule has 0 N–H and O–H groups in total. The first-order valence-electron chi connectivity index (χ1n) is 5.25. The third kappa shape index (κ3) is 1.80. The Hall–Kier alpha value is -2.76. The lowest BCUT2D eigenvalue weighted by atomic mass is 10.3. The number of carbonyl (C=O) groups is 1. The summed E-state index contributed by atoms with van der Waals surface area (Å²) in [5.74, 6) is 0.202. The predicted octanol–water partition coefficient (Wildman–Crippen LogP) is 1.87. The van der Waals surface area contributed by atoms with Gasteiger partial charge in [0, 0.05) is 12.3 Å². The topological polar surface area (TPSA) is 69.9 Å². The first kappa shape index (κ1) is 10.4. The molecule has 2 heterocycles. The van der Waals surface area contributed by atoms with Crippen molar-refractivity contribution in [2.45, 2.75) is 0 Å². The van der Waals surface area contributed by atoms with Gasteiger partial charge in [0.15, 0.2) is 0 Å². The van der Waals surface area contributed by atoms with Crippen LogP contribution in [0.4, 0.5) is 4.79 Å². The molecule has 1 aromatic carbocycles. The van der Waals surface area contributed by atoms with Gasteiger partial charge in [0.2, 0.25) is 5.88 Å². The van der Waals surface area contributed by atoms with E-state index in [1.54, 1.807) is 6.07 Å². The molecule has 6 nitrogen and oxygen atoms in total. The lowest BCUT2D eigenvalue weighted by Gasteiger charge is -2.03. The van der Waals surface area contributed by atoms with Crippen molar-refractivity contribution < 1.29 is 9.53 Å². The van der Waals surface area contributed by atoms with Crippen molar-refractivity contribution in [2.24, 2.45) is 0 Å². The average Bonchev–Trinajstić information content (AvgIpc) is 2.84. The van der Waals surface area contributed by atoms with Gasteiger partial charge in [-0.25, -0.2) is 24.3 Å². The van der Waals surface area contributed by atoms with Gasteiger partial charge in [-0.05, 0) is 12.1 Å². The molecule has 0 aliphatic carbocycles. The van der Waals surface area contributed by atoms with E-state index in [-0.39, 0.29) is 5.88 Å². The number of aromatic nitrogens is 4. The molecule has 0 fully saturated rings. The maximum Gasteiger partial charge on any atom is 0.426 e. The van der Waals surface area contributed by atoms with Gasteiger partial charge in [0.25, 0.3) is 0 Å². The third-order valence-electron chi connectivity index (χ3n) is 2.40. The highest BCUT2D eigenvalue weighted by Gasteiger charge is 2.11. The van der Waals surface area contributed by atoms with Crippen LogP contribution >= 0.6 is 0 Å². The second kappa shape index (κ2) is 4.25. The summed E-state index contributed by atoms with van der Waals surface area (Å²) in [5, 5.41) is 0. The Morgan fingerprint density at radius 3 is 2.89 bits per heavy atom. The largest absolute Gasteiger partial charge is 0.426 e. The molecule has 0 bridgehead atoms. The van der Waals surface area contributed by atoms with Crippen LogP contribution in [0.3, 0.4) is 0 Å². The summed E-state index contributed by atoms with van der Waals surface area (Å²) in [6.07, 6.45) is 3.69. The summed E-state index contributed by atoms with van der Waals surface area (Å²) in [6.45, 7) is 0. The Labute approximate surface area is 102 Å². The summed E-state index contributed by atoms with van der Waals surface area (Å²) >= 11 is 0. The zero-order chi connectivity index (χ0) is 12.4. The molecule has 18 heavy (non-hydrogen) atoms. The zero-order valence-electron chi connectivity index (χ0n) is 9.22. The van der Waals surface area contributed by atoms with Gasteiger partial charge in [0.05, 0.1) is 11.0 Å². The minimum atomic E-state index is -0.553. The predicted molar refractivity (Wildman–Crippen MR) is 63.2 cm³/mol. The van der Waals surface area contributed by atoms with Gasteiger partial charge in [-0.2, -0.15) is 0 Å². The summed E-state index contributed by atoms with van der Waals surface area (Å²) in [7, 11) is 0. The molecule has 0 radical (unpaired) electrons. The molecule has 0 unspecified atom stereocenters. The fourth-order valence-corrected chi connectivity index (χ4v) is 1.58. The minimum Gasteiger partial charge on any atom is -0.390 e. The van der Waals surface area contributed by atoms with Crippen LogP contribution in [-0.2, 0) is 0 Å². The molecule has 0 spiro atoms. The molecule has 0 aliphatic rings. The van der Waals surface area contributed by atoms with Crippen LogP contribution in [-0.4, -0.2) is 25.6 Å². The lowest BCUT2D eigenvalue weighted by molar-refractivity contribution is 0.201. The van der Waals surface area contributed by atoms with Crippen molar-refractivity contribution in [3.8, 4) is 5.88 Å². The number of para-hydroxylation sites is 2. The normalized spacial score (nSPS) is 10.4. The van der Waals surface area contributed by atoms with Crippen LogP contribution in [0.5, 0.6) is 5.88 Å². The molecular formula is C12H8N4O2. The maximum absolute atomic E-state index is 11.9. The highest BCUT2D eigenvalue weighted by atomic mass is 16.6. The van der Waals surface area contributed by atoms with Crippen molar-refractivity contribution in [1.29, 1.82) is 0 Å². The Balaban J connectivity index is 1.93. The molecule has 88 valence electrons. The van der Waals surface area contributed by atoms with Gasteiger partial charge < -0.3 is 4.74 Å². The Kier molecular flexibility index (Phi) is 2.45. The zero-order valence-corrected chi connectivity index (χ0v) is 9.22. The monoisotopic (exact) mass is 240 g/mol. The molecule has 2 aromatic heterocycles. The lowest BCUT2D eigenvalue weighted by Crippen LogP contribution is -2.16. The van der Waals surface area contributed by atoms with Crippen LogP contribution in [0.1, 0.15) is 0 Å². The number of nitrogens with zero attached hydrogens (tertiary/aromatic N) is 4. The average molecular weight is 240 g/mol. The van der Waals surface area contributed by atoms with E-state index in [1.165, 1.54) is 29.5 Å². The molecule has 3 rings (SSSR count). The van der Waals surface area contributed by atoms with Crippen molar-refractivity contribution in [2.75, 3.05) is 0 Å². The Morgan fingerprint density at radius 2 is 2.06 bits per heavy atom. The standard InChI is InChI=1S/C12H8N4O2/c17-12(18-11-5-6-13-7-14-11)16-8-15-9-3-1-2-4-10(9)16/h1-8H. The van der Waals surface area contributed by atoms with Crippen LogP contribution in [0.2, 0.25) is 0 Å². The molecule has 6 heteroatoms. The Bertz CT molecular complexity index is 693. The fourth-order valence-electron chi connectivity index (χ4n) is 1.58. The molecule has 0 amide bonds. The number of imidazole rings is 1. The summed E-state index contributed by atoms with van der Waals surface area (Å²) in [4.78, 5) is 23.6. The quantitative estimate of drug-likeness (QED) is 0.649. The van der Waals surface area contributed by atoms with Crippen LogP contribution in [0, 0.1) is 0 Å². The SMILES string of the molecule is O=C(Oc1ccncn1)n1cnc2ccccc21. The summed E-state index contributed by atoms with van der Waals surface area (Å²) in [5.41, 5.74) is 1.42. The number of rotatable bonds is 1. The van der Waals surface area contributed by atoms with Gasteiger partial charge >= 0.3 is 6.09 Å². The van der Waals surface area contributed by atoms with E-state index >= 15 is 0 Å². The van der Waals surface area contributed by atoms with E-state index < -0.39 is 6.09 Å². The number of carbonyl (C=O) groups excluding carboxylic acids is 1. The van der Waals surface area contributed by atoms with E-state index in [2.05, 4.69) is 15.0 Å². The summed E-state index contributed by atoms with van der Waals surface area (Å²) in [6, 6.07) is 8.82. The first-order valence-corrected chi connectivity index (χ1v) is 5.25. The Morgan fingerprint density at radius 1 is 1.17 bits per heavy atom. The molecular weight excluding hydrogens is 232 g/mol. The van der Waals surface area contributed by atoms with E-state index in [0.717, 1.165) is 5.52 Å². The second-order valence-electron chi connectivity index (χ2n) is 3.52. The van der Waals surface area contributed by atoms with Crippen molar-refractivity contribution in [3.63, 3.8) is 0 Å². The van der Waals surface area contributed by atoms with Crippen molar-refractivity contribution in [1.82, 2.24) is 19.5 Å². The first-order chi connectivity index (χ1) is 8.84. The number of benzene rings is 1. The smallest absolute Gasteiger partial charge is 0.390 e. The van der Waals surface area contributed by atoms with E-state index in [4.69, 9.17) is 4.74 Å². The van der Waals surface area contributed by atoms with Gasteiger partial charge in [-0.3, -0.25) is 0 Å². The van der Waals surface area contributed by atoms with E-state index in [1.807, 2.05) is 18.2 Å². The number of ether oxygens (including phenoxy) is 1. The number of fused-ring (bicyclic) bond motifs is 1. The molecule has 0 aliphatic heterocycles. The minimum absolute atomic E-state index is 0.202. The van der Waals surface area contributed by atoms with E-state index in [9.17, 15) is 4.79 Å². The molecule has 0 saturated carbocycles. The molecule has 0 saturated heterocycles. The second-order valence-corrected chi connectivity index (χ2v) is 3.52. The van der Waals surface area contributed by atoms with E-state index in [0.29, 0.717) is 5.52 Å². The van der Waals surface area contributed by atoms with Crippen LogP contribution in [0.25, 0.3) is 11.0 Å². The molecule has 3 aromatic rings. The summed E-state index contributed by atoms with van der Waals surface area (Å²) < 4.78 is 6.43. The molecule has 0 atom stereocenters. The highest BCUT2D eigenvalue weighted by molar-refractivity contribution is 5.87. The van der Waals surface area contributed by atoms with Crippen LogP contribution in [0.15, 0.2) is 49.2 Å². The number of hydrogen-bond acceptors (Lipinski definition) is 5. The fraction of sp³-hybridized carbons (Fsp3) is 0. The van der Waals surface area contributed by atoms with Crippen molar-refractivity contribution >= 4 is 17.1 Å². The third-order valence-corrected chi connectivity index (χ3v) is 2.40. The van der Waals surface area contributed by atoms with Crippen LogP contribution < -0.4 is 4.74 Å². The van der Waals surface area contributed by atoms with Gasteiger partial charge in [0.1, 0.15) is 12.7 Å². The highest BCUT2D eigenvalue weighted by Crippen LogP contribution is 2.13. The maximum atomic E-state index is 11.9. The van der Waals surface area contributed by atoms with Crippen molar-refractivity contribution in [3.05, 3.63) is 49.2 Å². The van der Waals surface area contributed by atoms with Gasteiger partial charge in [-0.15, -0.1) is 0 Å².